The van der Waals surface area contributed by atoms with Gasteiger partial charge in [0.05, 0.1) is 0 Å². The molecule has 1 aliphatic carbocycles. The van der Waals surface area contributed by atoms with Crippen molar-refractivity contribution in [2.24, 2.45) is 0 Å². The lowest BCUT2D eigenvalue weighted by molar-refractivity contribution is 0.527. The number of rotatable bonds is 0. The van der Waals surface area contributed by atoms with Gasteiger partial charge in [-0.2, -0.15) is 0 Å². The van der Waals surface area contributed by atoms with Crippen LogP contribution in [0.25, 0.3) is 0 Å². The lowest BCUT2D eigenvalue weighted by Gasteiger charge is -2.18. The first-order valence-corrected chi connectivity index (χ1v) is 5.15. The summed E-state index contributed by atoms with van der Waals surface area (Å²) in [5.74, 6) is 0. The zero-order valence-electron chi connectivity index (χ0n) is 8.29. The van der Waals surface area contributed by atoms with Crippen molar-refractivity contribution in [1.82, 2.24) is 4.90 Å². The Morgan fingerprint density at radius 3 is 3.00 bits per heavy atom. The Balaban J connectivity index is 2.30. The molecule has 0 unspecified atom stereocenters. The molecule has 1 aliphatic heterocycles. The van der Waals surface area contributed by atoms with Gasteiger partial charge in [0.25, 0.3) is 0 Å². The smallest absolute Gasteiger partial charge is 0.0173 e. The first-order valence-electron chi connectivity index (χ1n) is 5.15. The highest BCUT2D eigenvalue weighted by Gasteiger charge is 2.09. The van der Waals surface area contributed by atoms with E-state index in [0.29, 0.717) is 0 Å². The molecule has 0 N–H and O–H groups in total. The topological polar surface area (TPSA) is 3.24 Å². The first kappa shape index (κ1) is 8.61. The predicted molar refractivity (Wildman–Crippen MR) is 56.2 cm³/mol. The van der Waals surface area contributed by atoms with Crippen molar-refractivity contribution in [1.29, 1.82) is 0 Å². The van der Waals surface area contributed by atoms with E-state index in [2.05, 4.69) is 36.4 Å². The fraction of sp³-hybridized carbons (Fsp3) is 0.500. The highest BCUT2D eigenvalue weighted by Crippen LogP contribution is 2.24. The number of allylic oxidation sites excluding steroid dienone is 5. The maximum Gasteiger partial charge on any atom is 0.0173 e. The molecule has 2 bridgehead atoms. The van der Waals surface area contributed by atoms with Crippen LogP contribution in [0, 0.1) is 0 Å². The normalized spacial score (nSPS) is 25.2. The number of hydrogen-bond donors (Lipinski definition) is 0. The summed E-state index contributed by atoms with van der Waals surface area (Å²) >= 11 is 0. The molecule has 1 heterocycles. The van der Waals surface area contributed by atoms with Crippen molar-refractivity contribution in [3.8, 4) is 0 Å². The molecule has 13 heavy (non-hydrogen) atoms. The van der Waals surface area contributed by atoms with Crippen molar-refractivity contribution in [2.45, 2.75) is 32.1 Å². The Morgan fingerprint density at radius 2 is 2.08 bits per heavy atom. The number of fused-ring (bicyclic) bond motifs is 1. The molecule has 1 heteroatoms. The van der Waals surface area contributed by atoms with Crippen LogP contribution in [0.1, 0.15) is 32.1 Å². The largest absolute Gasteiger partial charge is 0.355 e. The average Bonchev–Trinajstić information content (AvgIpc) is 2.36. The van der Waals surface area contributed by atoms with E-state index in [1.807, 2.05) is 0 Å². The van der Waals surface area contributed by atoms with Crippen molar-refractivity contribution >= 4 is 0 Å². The second kappa shape index (κ2) is 3.82. The molecule has 0 saturated carbocycles. The molecule has 0 aromatic carbocycles. The highest BCUT2D eigenvalue weighted by atomic mass is 15.1. The van der Waals surface area contributed by atoms with Crippen LogP contribution in [0.5, 0.6) is 0 Å². The summed E-state index contributed by atoms with van der Waals surface area (Å²) in [5, 5.41) is 0. The maximum absolute atomic E-state index is 2.37. The van der Waals surface area contributed by atoms with Gasteiger partial charge in [-0.25, -0.2) is 0 Å². The molecule has 0 fully saturated rings. The third kappa shape index (κ3) is 2.03. The Hall–Kier alpha value is -0.980. The molecule has 0 amide bonds. The van der Waals surface area contributed by atoms with Gasteiger partial charge >= 0.3 is 0 Å². The van der Waals surface area contributed by atoms with Crippen LogP contribution >= 0.6 is 0 Å². The quantitative estimate of drug-likeness (QED) is 0.546. The molecule has 0 radical (unpaired) electrons. The predicted octanol–water partition coefficient (Wildman–Crippen LogP) is 3.22. The molecule has 2 rings (SSSR count). The van der Waals surface area contributed by atoms with Crippen molar-refractivity contribution in [3.05, 3.63) is 35.7 Å². The van der Waals surface area contributed by atoms with E-state index in [4.69, 9.17) is 0 Å². The average molecular weight is 175 g/mol. The molecular weight excluding hydrogens is 158 g/mol. The van der Waals surface area contributed by atoms with E-state index in [1.54, 1.807) is 0 Å². The van der Waals surface area contributed by atoms with Crippen molar-refractivity contribution in [3.63, 3.8) is 0 Å². The summed E-state index contributed by atoms with van der Waals surface area (Å²) in [6, 6.07) is 0. The summed E-state index contributed by atoms with van der Waals surface area (Å²) < 4.78 is 0. The Morgan fingerprint density at radius 1 is 1.23 bits per heavy atom. The summed E-state index contributed by atoms with van der Waals surface area (Å²) in [6.07, 6.45) is 15.4. The van der Waals surface area contributed by atoms with E-state index in [-0.39, 0.29) is 0 Å². The van der Waals surface area contributed by atoms with Crippen molar-refractivity contribution in [2.75, 3.05) is 7.05 Å². The number of hydrogen-bond acceptors (Lipinski definition) is 1. The maximum atomic E-state index is 2.37. The summed E-state index contributed by atoms with van der Waals surface area (Å²) in [7, 11) is 2.15. The van der Waals surface area contributed by atoms with E-state index in [0.717, 1.165) is 6.42 Å². The lowest BCUT2D eigenvalue weighted by Crippen LogP contribution is -2.10. The lowest BCUT2D eigenvalue weighted by atomic mass is 10.1. The van der Waals surface area contributed by atoms with Crippen LogP contribution in [-0.4, -0.2) is 11.9 Å². The minimum absolute atomic E-state index is 1.09. The molecule has 2 aliphatic rings. The third-order valence-corrected chi connectivity index (χ3v) is 2.80. The fourth-order valence-electron chi connectivity index (χ4n) is 1.97. The Labute approximate surface area is 80.4 Å². The van der Waals surface area contributed by atoms with Gasteiger partial charge in [-0.3, -0.25) is 0 Å². The monoisotopic (exact) mass is 175 g/mol. The van der Waals surface area contributed by atoms with Gasteiger partial charge in [-0.1, -0.05) is 12.2 Å². The minimum atomic E-state index is 1.09. The molecule has 0 atom stereocenters. The van der Waals surface area contributed by atoms with E-state index >= 15 is 0 Å². The second-order valence-electron chi connectivity index (χ2n) is 3.85. The van der Waals surface area contributed by atoms with E-state index in [1.165, 1.54) is 37.0 Å². The van der Waals surface area contributed by atoms with Crippen LogP contribution in [0.2, 0.25) is 0 Å². The minimum Gasteiger partial charge on any atom is -0.355 e. The zero-order valence-corrected chi connectivity index (χ0v) is 8.29. The van der Waals surface area contributed by atoms with E-state index in [9.17, 15) is 0 Å². The Bertz CT molecular complexity index is 271. The molecule has 1 nitrogen and oxygen atoms in total. The van der Waals surface area contributed by atoms with Crippen molar-refractivity contribution < 1.29 is 0 Å². The van der Waals surface area contributed by atoms with Crippen LogP contribution < -0.4 is 0 Å². The summed E-state index contributed by atoms with van der Waals surface area (Å²) in [6.45, 7) is 0. The van der Waals surface area contributed by atoms with Crippen LogP contribution in [0.15, 0.2) is 35.7 Å². The molecule has 0 aromatic heterocycles. The molecular formula is C12H17N. The molecule has 0 spiro atoms. The fourth-order valence-corrected chi connectivity index (χ4v) is 1.97. The number of nitrogens with zero attached hydrogens (tertiary/aromatic N) is 1. The zero-order chi connectivity index (χ0) is 9.10. The molecule has 70 valence electrons. The Kier molecular flexibility index (Phi) is 2.53. The third-order valence-electron chi connectivity index (χ3n) is 2.80. The highest BCUT2D eigenvalue weighted by molar-refractivity contribution is 5.27. The molecule has 0 aromatic rings. The van der Waals surface area contributed by atoms with Gasteiger partial charge < -0.3 is 4.90 Å². The summed E-state index contributed by atoms with van der Waals surface area (Å²) in [5.41, 5.74) is 3.00. The standard InChI is InChI=1S/C12H17N/c1-13-9-5-4-7-11-6-2-3-8-12(13)10-11/h5,7,9-10H,2-4,6,8H2,1H3/b9-5-,11-7?. The van der Waals surface area contributed by atoms with Crippen LogP contribution in [0.3, 0.4) is 0 Å². The van der Waals surface area contributed by atoms with Gasteiger partial charge in [0.2, 0.25) is 0 Å². The van der Waals surface area contributed by atoms with Gasteiger partial charge in [-0.15, -0.1) is 0 Å². The first-order chi connectivity index (χ1) is 6.36. The second-order valence-corrected chi connectivity index (χ2v) is 3.85. The molecule has 0 saturated heterocycles. The summed E-state index contributed by atoms with van der Waals surface area (Å²) in [4.78, 5) is 2.26. The van der Waals surface area contributed by atoms with Crippen LogP contribution in [-0.2, 0) is 0 Å². The van der Waals surface area contributed by atoms with Gasteiger partial charge in [-0.05, 0) is 50.0 Å². The van der Waals surface area contributed by atoms with Crippen LogP contribution in [0.4, 0.5) is 0 Å². The van der Waals surface area contributed by atoms with Gasteiger partial charge in [0, 0.05) is 12.7 Å². The van der Waals surface area contributed by atoms with Gasteiger partial charge in [0.1, 0.15) is 0 Å². The van der Waals surface area contributed by atoms with Gasteiger partial charge in [0.15, 0.2) is 0 Å². The van der Waals surface area contributed by atoms with E-state index < -0.39 is 0 Å². The SMILES string of the molecule is CN1/C=C\CC=C2C=C1CCCC2.